The fraction of sp³-hybridized carbons (Fsp3) is 0.467. The maximum Gasteiger partial charge on any atom is 0.335 e. The first kappa shape index (κ1) is 17.5. The van der Waals surface area contributed by atoms with E-state index in [1.807, 2.05) is 6.92 Å². The lowest BCUT2D eigenvalue weighted by molar-refractivity contribution is 0.0696. The Morgan fingerprint density at radius 2 is 1.90 bits per heavy atom. The molecule has 0 saturated carbocycles. The van der Waals surface area contributed by atoms with E-state index in [1.165, 1.54) is 12.1 Å². The Morgan fingerprint density at radius 1 is 1.29 bits per heavy atom. The second-order valence-corrected chi connectivity index (χ2v) is 6.47. The van der Waals surface area contributed by atoms with Gasteiger partial charge in [0.2, 0.25) is 0 Å². The summed E-state index contributed by atoms with van der Waals surface area (Å²) in [5.41, 5.74) is 0.577. The minimum absolute atomic E-state index is 0.107. The van der Waals surface area contributed by atoms with Gasteiger partial charge in [0.15, 0.2) is 0 Å². The molecule has 0 saturated heterocycles. The number of urea groups is 1. The fourth-order valence-corrected chi connectivity index (χ4v) is 2.53. The summed E-state index contributed by atoms with van der Waals surface area (Å²) in [5, 5.41) is 11.7. The summed E-state index contributed by atoms with van der Waals surface area (Å²) in [4.78, 5) is 24.8. The molecule has 1 atom stereocenters. The van der Waals surface area contributed by atoms with Crippen LogP contribution in [0.3, 0.4) is 0 Å². The molecule has 0 spiro atoms. The molecule has 1 aromatic carbocycles. The van der Waals surface area contributed by atoms with Crippen LogP contribution in [0.15, 0.2) is 22.7 Å². The number of rotatable bonds is 5. The first-order valence-corrected chi connectivity index (χ1v) is 7.57. The average molecular weight is 357 g/mol. The summed E-state index contributed by atoms with van der Waals surface area (Å²) >= 11 is 3.24. The van der Waals surface area contributed by atoms with E-state index in [2.05, 4.69) is 35.1 Å². The lowest BCUT2D eigenvalue weighted by Gasteiger charge is -2.26. The maximum absolute atomic E-state index is 12.2. The van der Waals surface area contributed by atoms with E-state index >= 15 is 0 Å². The highest BCUT2D eigenvalue weighted by atomic mass is 79.9. The molecular formula is C15H21BrN2O3. The number of carboxylic acids is 1. The number of nitrogens with one attached hydrogen (secondary N) is 1. The van der Waals surface area contributed by atoms with Crippen LogP contribution in [0, 0.1) is 5.92 Å². The molecule has 116 valence electrons. The number of anilines is 1. The van der Waals surface area contributed by atoms with E-state index in [0.717, 1.165) is 6.42 Å². The van der Waals surface area contributed by atoms with Gasteiger partial charge in [-0.05, 0) is 37.5 Å². The van der Waals surface area contributed by atoms with Crippen LogP contribution in [0.1, 0.15) is 37.6 Å². The molecule has 0 fully saturated rings. The van der Waals surface area contributed by atoms with Crippen molar-refractivity contribution in [2.45, 2.75) is 33.2 Å². The Hall–Kier alpha value is -1.56. The van der Waals surface area contributed by atoms with Crippen LogP contribution in [0.25, 0.3) is 0 Å². The van der Waals surface area contributed by atoms with Crippen LogP contribution in [0.2, 0.25) is 0 Å². The molecule has 0 aliphatic rings. The Kier molecular flexibility index (Phi) is 6.20. The van der Waals surface area contributed by atoms with Crippen LogP contribution >= 0.6 is 15.9 Å². The number of halogens is 1. The number of aromatic carboxylic acids is 1. The minimum atomic E-state index is -1.03. The van der Waals surface area contributed by atoms with Gasteiger partial charge in [0.1, 0.15) is 0 Å². The Labute approximate surface area is 133 Å². The van der Waals surface area contributed by atoms with Gasteiger partial charge in [0.25, 0.3) is 0 Å². The van der Waals surface area contributed by atoms with Crippen molar-refractivity contribution in [2.24, 2.45) is 5.92 Å². The topological polar surface area (TPSA) is 69.6 Å². The second-order valence-electron chi connectivity index (χ2n) is 5.55. The molecule has 0 radical (unpaired) electrons. The summed E-state index contributed by atoms with van der Waals surface area (Å²) in [7, 11) is 1.73. The Balaban J connectivity index is 2.81. The van der Waals surface area contributed by atoms with Gasteiger partial charge in [-0.1, -0.05) is 29.8 Å². The van der Waals surface area contributed by atoms with Crippen molar-refractivity contribution in [1.82, 2.24) is 4.90 Å². The molecule has 6 heteroatoms. The number of carboxylic acid groups (broad SMARTS) is 1. The van der Waals surface area contributed by atoms with E-state index in [0.29, 0.717) is 16.1 Å². The molecule has 0 bridgehead atoms. The predicted molar refractivity (Wildman–Crippen MR) is 86.8 cm³/mol. The van der Waals surface area contributed by atoms with E-state index < -0.39 is 5.97 Å². The molecule has 1 aromatic rings. The van der Waals surface area contributed by atoms with Crippen molar-refractivity contribution in [3.8, 4) is 0 Å². The van der Waals surface area contributed by atoms with Crippen LogP contribution in [0.4, 0.5) is 10.5 Å². The van der Waals surface area contributed by atoms with Gasteiger partial charge in [0.05, 0.1) is 5.56 Å². The highest BCUT2D eigenvalue weighted by Gasteiger charge is 2.17. The zero-order chi connectivity index (χ0) is 16.2. The Morgan fingerprint density at radius 3 is 2.43 bits per heavy atom. The van der Waals surface area contributed by atoms with Gasteiger partial charge < -0.3 is 15.3 Å². The van der Waals surface area contributed by atoms with Gasteiger partial charge in [-0.2, -0.15) is 0 Å². The molecule has 0 aliphatic heterocycles. The monoisotopic (exact) mass is 356 g/mol. The van der Waals surface area contributed by atoms with Gasteiger partial charge in [-0.25, -0.2) is 9.59 Å². The SMILES string of the molecule is CC(C)CC(C)N(C)C(=O)Nc1cc(Br)cc(C(=O)O)c1. The van der Waals surface area contributed by atoms with Gasteiger partial charge in [-0.3, -0.25) is 0 Å². The first-order chi connectivity index (χ1) is 9.70. The summed E-state index contributed by atoms with van der Waals surface area (Å²) in [5.74, 6) is -0.534. The third-order valence-corrected chi connectivity index (χ3v) is 3.65. The lowest BCUT2D eigenvalue weighted by atomic mass is 10.0. The third kappa shape index (κ3) is 5.38. The van der Waals surface area contributed by atoms with E-state index in [-0.39, 0.29) is 17.6 Å². The highest BCUT2D eigenvalue weighted by Crippen LogP contribution is 2.20. The summed E-state index contributed by atoms with van der Waals surface area (Å²) in [6.07, 6.45) is 0.906. The van der Waals surface area contributed by atoms with Crippen molar-refractivity contribution in [1.29, 1.82) is 0 Å². The first-order valence-electron chi connectivity index (χ1n) is 6.78. The highest BCUT2D eigenvalue weighted by molar-refractivity contribution is 9.10. The Bertz CT molecular complexity index is 532. The largest absolute Gasteiger partial charge is 0.478 e. The van der Waals surface area contributed by atoms with Crippen LogP contribution in [-0.4, -0.2) is 35.1 Å². The molecule has 0 aromatic heterocycles. The quantitative estimate of drug-likeness (QED) is 0.835. The number of nitrogens with zero attached hydrogens (tertiary/aromatic N) is 1. The molecule has 2 amide bonds. The van der Waals surface area contributed by atoms with E-state index in [4.69, 9.17) is 5.11 Å². The van der Waals surface area contributed by atoms with Crippen molar-refractivity contribution < 1.29 is 14.7 Å². The smallest absolute Gasteiger partial charge is 0.335 e. The van der Waals surface area contributed by atoms with Crippen LogP contribution < -0.4 is 5.32 Å². The van der Waals surface area contributed by atoms with E-state index in [1.54, 1.807) is 18.0 Å². The number of hydrogen-bond acceptors (Lipinski definition) is 2. The van der Waals surface area contributed by atoms with Gasteiger partial charge in [-0.15, -0.1) is 0 Å². The molecule has 21 heavy (non-hydrogen) atoms. The second kappa shape index (κ2) is 7.45. The van der Waals surface area contributed by atoms with Crippen molar-refractivity contribution in [3.05, 3.63) is 28.2 Å². The molecule has 1 unspecified atom stereocenters. The molecule has 1 rings (SSSR count). The molecule has 0 aliphatic carbocycles. The van der Waals surface area contributed by atoms with Crippen molar-refractivity contribution in [2.75, 3.05) is 12.4 Å². The summed E-state index contributed by atoms with van der Waals surface area (Å²) < 4.78 is 0.607. The zero-order valence-corrected chi connectivity index (χ0v) is 14.3. The number of carbonyl (C=O) groups is 2. The molecular weight excluding hydrogens is 336 g/mol. The standard InChI is InChI=1S/C15H21BrN2O3/c1-9(2)5-10(3)18(4)15(21)17-13-7-11(14(19)20)6-12(16)8-13/h6-10H,5H2,1-4H3,(H,17,21)(H,19,20). The number of benzene rings is 1. The number of carbonyl (C=O) groups excluding carboxylic acids is 1. The molecule has 2 N–H and O–H groups in total. The predicted octanol–water partition coefficient (Wildman–Crippen LogP) is 4.05. The normalized spacial score (nSPS) is 12.1. The van der Waals surface area contributed by atoms with Crippen molar-refractivity contribution >= 4 is 33.6 Å². The number of hydrogen-bond donors (Lipinski definition) is 2. The molecule has 0 heterocycles. The minimum Gasteiger partial charge on any atom is -0.478 e. The van der Waals surface area contributed by atoms with Crippen LogP contribution in [0.5, 0.6) is 0 Å². The zero-order valence-electron chi connectivity index (χ0n) is 12.7. The fourth-order valence-electron chi connectivity index (χ4n) is 2.04. The summed E-state index contributed by atoms with van der Waals surface area (Å²) in [6, 6.07) is 4.45. The lowest BCUT2D eigenvalue weighted by Crippen LogP contribution is -2.38. The maximum atomic E-state index is 12.2. The van der Waals surface area contributed by atoms with Crippen molar-refractivity contribution in [3.63, 3.8) is 0 Å². The molecule has 5 nitrogen and oxygen atoms in total. The van der Waals surface area contributed by atoms with E-state index in [9.17, 15) is 9.59 Å². The van der Waals surface area contributed by atoms with Gasteiger partial charge >= 0.3 is 12.0 Å². The summed E-state index contributed by atoms with van der Waals surface area (Å²) in [6.45, 7) is 6.20. The number of amides is 2. The van der Waals surface area contributed by atoms with Gasteiger partial charge in [0, 0.05) is 23.2 Å². The average Bonchev–Trinajstić information content (AvgIpc) is 2.36. The third-order valence-electron chi connectivity index (χ3n) is 3.19. The van der Waals surface area contributed by atoms with Crippen LogP contribution in [-0.2, 0) is 0 Å².